The van der Waals surface area contributed by atoms with E-state index in [1.165, 1.54) is 0 Å². The molecule has 0 saturated carbocycles. The molecule has 106 valence electrons. The zero-order chi connectivity index (χ0) is 14.0. The average Bonchev–Trinajstić information content (AvgIpc) is 2.63. The molecular weight excluding hydrogens is 246 g/mol. The summed E-state index contributed by atoms with van der Waals surface area (Å²) in [4.78, 5) is 14.1. The van der Waals surface area contributed by atoms with E-state index in [-0.39, 0.29) is 11.9 Å². The Kier molecular flexibility index (Phi) is 3.94. The molecule has 1 saturated heterocycles. The predicted octanol–water partition coefficient (Wildman–Crippen LogP) is -0.348. The number of nitrogens with one attached hydrogen (secondary N) is 1. The van der Waals surface area contributed by atoms with Crippen molar-refractivity contribution in [1.29, 1.82) is 0 Å². The average molecular weight is 267 g/mol. The van der Waals surface area contributed by atoms with Crippen molar-refractivity contribution in [3.8, 4) is 0 Å². The Balaban J connectivity index is 2.31. The van der Waals surface area contributed by atoms with Crippen LogP contribution in [0.25, 0.3) is 0 Å². The maximum absolute atomic E-state index is 12.1. The number of nitrogen functional groups attached to an aromatic ring is 1. The number of nitrogens with zero attached hydrogens (tertiary/aromatic N) is 3. The highest BCUT2D eigenvalue weighted by molar-refractivity contribution is 5.86. The lowest BCUT2D eigenvalue weighted by Crippen LogP contribution is -2.54. The van der Waals surface area contributed by atoms with Gasteiger partial charge in [0.05, 0.1) is 24.6 Å². The maximum atomic E-state index is 12.1. The molecular formula is C12H21N5O2. The van der Waals surface area contributed by atoms with E-state index >= 15 is 0 Å². The fourth-order valence-corrected chi connectivity index (χ4v) is 2.37. The van der Waals surface area contributed by atoms with Gasteiger partial charge in [-0.25, -0.2) is 0 Å². The molecule has 3 N–H and O–H groups in total. The highest BCUT2D eigenvalue weighted by Crippen LogP contribution is 2.28. The first-order chi connectivity index (χ1) is 9.06. The summed E-state index contributed by atoms with van der Waals surface area (Å²) in [5, 5.41) is 7.13. The number of hydrogen-bond acceptors (Lipinski definition) is 5. The number of aromatic nitrogens is 2. The molecule has 0 spiro atoms. The van der Waals surface area contributed by atoms with Crippen LogP contribution in [0.1, 0.15) is 12.6 Å². The molecule has 1 fully saturated rings. The molecule has 1 atom stereocenters. The van der Waals surface area contributed by atoms with Gasteiger partial charge in [0.2, 0.25) is 5.91 Å². The third-order valence-electron chi connectivity index (χ3n) is 3.29. The van der Waals surface area contributed by atoms with E-state index in [1.54, 1.807) is 4.68 Å². The summed E-state index contributed by atoms with van der Waals surface area (Å²) in [5.74, 6) is 0.748. The summed E-state index contributed by atoms with van der Waals surface area (Å²) in [7, 11) is 1.84. The van der Waals surface area contributed by atoms with E-state index in [2.05, 4.69) is 10.4 Å². The minimum atomic E-state index is -0.356. The van der Waals surface area contributed by atoms with Crippen molar-refractivity contribution in [2.75, 3.05) is 36.9 Å². The van der Waals surface area contributed by atoms with Crippen molar-refractivity contribution < 1.29 is 9.53 Å². The first kappa shape index (κ1) is 13.7. The van der Waals surface area contributed by atoms with Gasteiger partial charge in [-0.3, -0.25) is 9.48 Å². The van der Waals surface area contributed by atoms with Crippen LogP contribution in [0.5, 0.6) is 0 Å². The lowest BCUT2D eigenvalue weighted by atomic mass is 10.2. The predicted molar refractivity (Wildman–Crippen MR) is 73.0 cm³/mol. The zero-order valence-electron chi connectivity index (χ0n) is 11.6. The van der Waals surface area contributed by atoms with Gasteiger partial charge in [0.25, 0.3) is 0 Å². The number of carbonyl (C=O) groups is 1. The molecule has 7 nitrogen and oxygen atoms in total. The van der Waals surface area contributed by atoms with E-state index in [9.17, 15) is 4.79 Å². The summed E-state index contributed by atoms with van der Waals surface area (Å²) >= 11 is 0. The van der Waals surface area contributed by atoms with Crippen LogP contribution < -0.4 is 16.0 Å². The lowest BCUT2D eigenvalue weighted by molar-refractivity contribution is -0.124. The number of rotatable bonds is 3. The number of hydrogen-bond donors (Lipinski definition) is 2. The van der Waals surface area contributed by atoms with Crippen LogP contribution in [-0.2, 0) is 16.6 Å². The molecule has 19 heavy (non-hydrogen) atoms. The van der Waals surface area contributed by atoms with E-state index in [4.69, 9.17) is 10.5 Å². The molecule has 1 aliphatic heterocycles. The number of amides is 1. The number of ether oxygens (including phenoxy) is 1. The molecule has 1 aromatic heterocycles. The monoisotopic (exact) mass is 267 g/mol. The van der Waals surface area contributed by atoms with Gasteiger partial charge >= 0.3 is 0 Å². The van der Waals surface area contributed by atoms with Crippen molar-refractivity contribution in [2.24, 2.45) is 7.05 Å². The number of likely N-dealkylation sites (N-methyl/N-ethyl adjacent to an activating group) is 1. The van der Waals surface area contributed by atoms with Gasteiger partial charge in [-0.2, -0.15) is 5.10 Å². The molecule has 0 aromatic carbocycles. The van der Waals surface area contributed by atoms with Crippen molar-refractivity contribution in [1.82, 2.24) is 15.1 Å². The second kappa shape index (κ2) is 5.48. The fourth-order valence-electron chi connectivity index (χ4n) is 2.37. The summed E-state index contributed by atoms with van der Waals surface area (Å²) in [6.07, 6.45) is 0. The van der Waals surface area contributed by atoms with Crippen LogP contribution >= 0.6 is 0 Å². The second-order valence-electron chi connectivity index (χ2n) is 4.62. The number of morpholine rings is 1. The Hall–Kier alpha value is -1.76. The second-order valence-corrected chi connectivity index (χ2v) is 4.62. The molecule has 0 aliphatic carbocycles. The normalized spacial score (nSPS) is 19.5. The quantitative estimate of drug-likeness (QED) is 0.782. The minimum absolute atomic E-state index is 0.0412. The van der Waals surface area contributed by atoms with E-state index in [1.807, 2.05) is 25.8 Å². The fraction of sp³-hybridized carbons (Fsp3) is 0.667. The van der Waals surface area contributed by atoms with Gasteiger partial charge in [0.1, 0.15) is 6.04 Å². The molecule has 1 aromatic rings. The Morgan fingerprint density at radius 3 is 2.95 bits per heavy atom. The van der Waals surface area contributed by atoms with Crippen molar-refractivity contribution >= 4 is 17.4 Å². The van der Waals surface area contributed by atoms with Crippen LogP contribution in [0.2, 0.25) is 0 Å². The Labute approximate surface area is 112 Å². The van der Waals surface area contributed by atoms with Crippen LogP contribution in [0.3, 0.4) is 0 Å². The van der Waals surface area contributed by atoms with Crippen LogP contribution in [-0.4, -0.2) is 48.0 Å². The third-order valence-corrected chi connectivity index (χ3v) is 3.29. The van der Waals surface area contributed by atoms with Crippen molar-refractivity contribution in [3.63, 3.8) is 0 Å². The number of anilines is 2. The van der Waals surface area contributed by atoms with Crippen molar-refractivity contribution in [3.05, 3.63) is 5.69 Å². The van der Waals surface area contributed by atoms with Crippen molar-refractivity contribution in [2.45, 2.75) is 19.9 Å². The zero-order valence-corrected chi connectivity index (χ0v) is 11.6. The molecule has 1 aliphatic rings. The topological polar surface area (TPSA) is 85.4 Å². The molecule has 2 heterocycles. The van der Waals surface area contributed by atoms with Crippen LogP contribution in [0.4, 0.5) is 11.5 Å². The molecule has 7 heteroatoms. The van der Waals surface area contributed by atoms with Gasteiger partial charge in [-0.05, 0) is 13.8 Å². The first-order valence-corrected chi connectivity index (χ1v) is 6.47. The van der Waals surface area contributed by atoms with Gasteiger partial charge in [0, 0.05) is 20.1 Å². The van der Waals surface area contributed by atoms with Gasteiger partial charge in [-0.15, -0.1) is 0 Å². The number of nitrogens with two attached hydrogens (primary N) is 1. The Morgan fingerprint density at radius 2 is 2.37 bits per heavy atom. The maximum Gasteiger partial charge on any atom is 0.245 e. The van der Waals surface area contributed by atoms with Crippen LogP contribution in [0.15, 0.2) is 0 Å². The van der Waals surface area contributed by atoms with Crippen LogP contribution in [0, 0.1) is 6.92 Å². The smallest absolute Gasteiger partial charge is 0.245 e. The molecule has 0 radical (unpaired) electrons. The summed E-state index contributed by atoms with van der Waals surface area (Å²) in [6.45, 7) is 5.94. The minimum Gasteiger partial charge on any atom is -0.394 e. The Morgan fingerprint density at radius 1 is 1.63 bits per heavy atom. The van der Waals surface area contributed by atoms with Gasteiger partial charge in [0.15, 0.2) is 5.82 Å². The highest BCUT2D eigenvalue weighted by Gasteiger charge is 2.32. The third kappa shape index (κ3) is 2.51. The summed E-state index contributed by atoms with van der Waals surface area (Å²) in [5.41, 5.74) is 7.47. The first-order valence-electron chi connectivity index (χ1n) is 6.47. The Bertz CT molecular complexity index is 471. The van der Waals surface area contributed by atoms with Gasteiger partial charge in [-0.1, -0.05) is 0 Å². The molecule has 0 bridgehead atoms. The molecule has 1 unspecified atom stereocenters. The summed E-state index contributed by atoms with van der Waals surface area (Å²) in [6, 6.07) is -0.356. The molecule has 2 rings (SSSR count). The highest BCUT2D eigenvalue weighted by atomic mass is 16.5. The van der Waals surface area contributed by atoms with E-state index < -0.39 is 0 Å². The largest absolute Gasteiger partial charge is 0.394 e. The van der Waals surface area contributed by atoms with E-state index in [0.29, 0.717) is 32.0 Å². The number of carbonyl (C=O) groups excluding carboxylic acids is 1. The molecule has 1 amide bonds. The standard InChI is InChI=1S/C12H21N5O2/c1-4-14-11(18)9-7-19-6-5-17(9)12-10(13)8(2)15-16(12)3/h9H,4-7,13H2,1-3H3,(H,14,18). The SMILES string of the molecule is CCNC(=O)C1COCCN1c1c(N)c(C)nn1C. The van der Waals surface area contributed by atoms with E-state index in [0.717, 1.165) is 11.5 Å². The van der Waals surface area contributed by atoms with Gasteiger partial charge < -0.3 is 20.7 Å². The summed E-state index contributed by atoms with van der Waals surface area (Å²) < 4.78 is 7.14. The number of aryl methyl sites for hydroxylation is 2. The lowest BCUT2D eigenvalue weighted by Gasteiger charge is -2.36.